The van der Waals surface area contributed by atoms with Crippen LogP contribution < -0.4 is 10.1 Å². The van der Waals surface area contributed by atoms with E-state index in [-0.39, 0.29) is 11.7 Å². The lowest BCUT2D eigenvalue weighted by Gasteiger charge is -2.00. The van der Waals surface area contributed by atoms with Gasteiger partial charge in [0.05, 0.1) is 19.3 Å². The summed E-state index contributed by atoms with van der Waals surface area (Å²) in [6, 6.07) is 7.65. The number of nitrogens with zero attached hydrogens (tertiary/aromatic N) is 2. The number of aromatic nitrogens is 2. The molecule has 2 rings (SSSR count). The lowest BCUT2D eigenvalue weighted by atomic mass is 10.1. The van der Waals surface area contributed by atoms with E-state index in [0.717, 1.165) is 11.3 Å². The molecule has 0 saturated heterocycles. The average molecular weight is 319 g/mol. The summed E-state index contributed by atoms with van der Waals surface area (Å²) in [5, 5.41) is 11.0. The maximum absolute atomic E-state index is 11.5. The number of rotatable bonds is 8. The standard InChI is InChI=1S/C15H17N3O3S/c1-3-8-16-13(19)10-22-15-18-17-14(21-15)9-11-4-6-12(20-2)7-5-11/h3-7H,1,8-10H2,2H3,(H,16,19). The summed E-state index contributed by atoms with van der Waals surface area (Å²) in [6.45, 7) is 3.99. The van der Waals surface area contributed by atoms with E-state index >= 15 is 0 Å². The maximum Gasteiger partial charge on any atom is 0.277 e. The maximum atomic E-state index is 11.5. The molecule has 0 unspecified atom stereocenters. The second-order valence-corrected chi connectivity index (χ2v) is 5.29. The van der Waals surface area contributed by atoms with Crippen LogP contribution in [-0.4, -0.2) is 35.5 Å². The van der Waals surface area contributed by atoms with Crippen LogP contribution in [0.4, 0.5) is 0 Å². The van der Waals surface area contributed by atoms with Crippen molar-refractivity contribution in [3.05, 3.63) is 48.4 Å². The van der Waals surface area contributed by atoms with Gasteiger partial charge in [-0.05, 0) is 17.7 Å². The smallest absolute Gasteiger partial charge is 0.277 e. The Hall–Kier alpha value is -2.28. The predicted molar refractivity (Wildman–Crippen MR) is 84.0 cm³/mol. The van der Waals surface area contributed by atoms with Crippen LogP contribution in [0.5, 0.6) is 5.75 Å². The Morgan fingerprint density at radius 3 is 2.86 bits per heavy atom. The molecule has 0 aliphatic rings. The molecule has 0 aliphatic carbocycles. The Morgan fingerprint density at radius 2 is 2.18 bits per heavy atom. The Morgan fingerprint density at radius 1 is 1.41 bits per heavy atom. The third kappa shape index (κ3) is 4.92. The number of carbonyl (C=O) groups excluding carboxylic acids is 1. The van der Waals surface area contributed by atoms with Gasteiger partial charge in [0, 0.05) is 6.54 Å². The summed E-state index contributed by atoms with van der Waals surface area (Å²) in [6.07, 6.45) is 2.17. The van der Waals surface area contributed by atoms with Crippen molar-refractivity contribution in [2.24, 2.45) is 0 Å². The molecule has 6 nitrogen and oxygen atoms in total. The molecule has 7 heteroatoms. The van der Waals surface area contributed by atoms with Crippen molar-refractivity contribution in [3.8, 4) is 5.75 Å². The van der Waals surface area contributed by atoms with Gasteiger partial charge in [-0.25, -0.2) is 0 Å². The fraction of sp³-hybridized carbons (Fsp3) is 0.267. The van der Waals surface area contributed by atoms with E-state index in [0.29, 0.717) is 24.1 Å². The summed E-state index contributed by atoms with van der Waals surface area (Å²) in [5.41, 5.74) is 1.05. The van der Waals surface area contributed by atoms with Gasteiger partial charge in [0.2, 0.25) is 11.8 Å². The number of methoxy groups -OCH3 is 1. The molecule has 1 N–H and O–H groups in total. The number of carbonyl (C=O) groups is 1. The molecule has 1 heterocycles. The third-order valence-corrected chi connectivity index (χ3v) is 3.55. The Balaban J connectivity index is 1.85. The minimum atomic E-state index is -0.0974. The summed E-state index contributed by atoms with van der Waals surface area (Å²) in [7, 11) is 1.63. The molecule has 2 aromatic rings. The van der Waals surface area contributed by atoms with E-state index in [1.54, 1.807) is 13.2 Å². The Labute approximate surface area is 133 Å². The van der Waals surface area contributed by atoms with Gasteiger partial charge in [0.1, 0.15) is 5.75 Å². The third-order valence-electron chi connectivity index (χ3n) is 2.73. The lowest BCUT2D eigenvalue weighted by molar-refractivity contribution is -0.118. The van der Waals surface area contributed by atoms with Crippen molar-refractivity contribution in [2.75, 3.05) is 19.4 Å². The molecule has 1 amide bonds. The van der Waals surface area contributed by atoms with Crippen molar-refractivity contribution >= 4 is 17.7 Å². The van der Waals surface area contributed by atoms with Gasteiger partial charge in [0.25, 0.3) is 5.22 Å². The van der Waals surface area contributed by atoms with Crippen molar-refractivity contribution in [3.63, 3.8) is 0 Å². The molecule has 0 atom stereocenters. The van der Waals surface area contributed by atoms with E-state index in [1.165, 1.54) is 11.8 Å². The average Bonchev–Trinajstić information content (AvgIpc) is 2.99. The fourth-order valence-corrected chi connectivity index (χ4v) is 2.26. The van der Waals surface area contributed by atoms with Crippen LogP contribution in [-0.2, 0) is 11.2 Å². The van der Waals surface area contributed by atoms with Crippen LogP contribution in [0.25, 0.3) is 0 Å². The quantitative estimate of drug-likeness (QED) is 0.593. The molecule has 22 heavy (non-hydrogen) atoms. The second-order valence-electron chi connectivity index (χ2n) is 4.37. The molecular weight excluding hydrogens is 302 g/mol. The van der Waals surface area contributed by atoms with Gasteiger partial charge >= 0.3 is 0 Å². The Kier molecular flexibility index (Phi) is 6.02. The molecule has 0 radical (unpaired) electrons. The zero-order valence-electron chi connectivity index (χ0n) is 12.2. The fourth-order valence-electron chi connectivity index (χ4n) is 1.65. The number of hydrogen-bond acceptors (Lipinski definition) is 6. The summed E-state index contributed by atoms with van der Waals surface area (Å²) < 4.78 is 10.6. The molecule has 0 fully saturated rings. The first-order chi connectivity index (χ1) is 10.7. The van der Waals surface area contributed by atoms with Gasteiger partial charge < -0.3 is 14.5 Å². The first-order valence-electron chi connectivity index (χ1n) is 6.67. The Bertz CT molecular complexity index is 625. The highest BCUT2D eigenvalue weighted by atomic mass is 32.2. The van der Waals surface area contributed by atoms with Crippen LogP contribution in [0.3, 0.4) is 0 Å². The number of benzene rings is 1. The molecule has 0 bridgehead atoms. The highest BCUT2D eigenvalue weighted by molar-refractivity contribution is 7.99. The summed E-state index contributed by atoms with van der Waals surface area (Å²) in [4.78, 5) is 11.5. The monoisotopic (exact) mass is 319 g/mol. The number of ether oxygens (including phenoxy) is 1. The van der Waals surface area contributed by atoms with Gasteiger partial charge in [0.15, 0.2) is 0 Å². The van der Waals surface area contributed by atoms with Gasteiger partial charge in [-0.3, -0.25) is 4.79 Å². The SMILES string of the molecule is C=CCNC(=O)CSc1nnc(Cc2ccc(OC)cc2)o1. The van der Waals surface area contributed by atoms with Gasteiger partial charge in [-0.2, -0.15) is 0 Å². The van der Waals surface area contributed by atoms with Crippen molar-refractivity contribution in [1.29, 1.82) is 0 Å². The van der Waals surface area contributed by atoms with Crippen molar-refractivity contribution in [2.45, 2.75) is 11.6 Å². The van der Waals surface area contributed by atoms with E-state index in [9.17, 15) is 4.79 Å². The van der Waals surface area contributed by atoms with Crippen LogP contribution >= 0.6 is 11.8 Å². The molecule has 0 aliphatic heterocycles. The minimum Gasteiger partial charge on any atom is -0.497 e. The second kappa shape index (κ2) is 8.23. The molecule has 1 aromatic heterocycles. The first-order valence-corrected chi connectivity index (χ1v) is 7.65. The van der Waals surface area contributed by atoms with Crippen LogP contribution in [0.15, 0.2) is 46.6 Å². The number of amides is 1. The molecule has 116 valence electrons. The topological polar surface area (TPSA) is 77.2 Å². The summed E-state index contributed by atoms with van der Waals surface area (Å²) in [5.74, 6) is 1.45. The van der Waals surface area contributed by atoms with Crippen molar-refractivity contribution < 1.29 is 13.9 Å². The molecular formula is C15H17N3O3S. The minimum absolute atomic E-state index is 0.0974. The number of nitrogens with one attached hydrogen (secondary N) is 1. The van der Waals surface area contributed by atoms with Crippen molar-refractivity contribution in [1.82, 2.24) is 15.5 Å². The largest absolute Gasteiger partial charge is 0.497 e. The van der Waals surface area contributed by atoms with Crippen LogP contribution in [0, 0.1) is 0 Å². The number of hydrogen-bond donors (Lipinski definition) is 1. The molecule has 0 saturated carbocycles. The van der Waals surface area contributed by atoms with E-state index in [4.69, 9.17) is 9.15 Å². The zero-order valence-corrected chi connectivity index (χ0v) is 13.1. The highest BCUT2D eigenvalue weighted by Crippen LogP contribution is 2.18. The predicted octanol–water partition coefficient (Wildman–Crippen LogP) is 2.06. The molecule has 1 aromatic carbocycles. The first kappa shape index (κ1) is 16.1. The van der Waals surface area contributed by atoms with E-state index in [1.807, 2.05) is 24.3 Å². The van der Waals surface area contributed by atoms with Crippen LogP contribution in [0.2, 0.25) is 0 Å². The van der Waals surface area contributed by atoms with Gasteiger partial charge in [-0.1, -0.05) is 30.0 Å². The normalized spacial score (nSPS) is 10.2. The zero-order chi connectivity index (χ0) is 15.8. The van der Waals surface area contributed by atoms with E-state index in [2.05, 4.69) is 22.1 Å². The number of thioether (sulfide) groups is 1. The van der Waals surface area contributed by atoms with Crippen LogP contribution in [0.1, 0.15) is 11.5 Å². The molecule has 0 spiro atoms. The lowest BCUT2D eigenvalue weighted by Crippen LogP contribution is -2.24. The summed E-state index contributed by atoms with van der Waals surface area (Å²) >= 11 is 1.21. The van der Waals surface area contributed by atoms with Gasteiger partial charge in [-0.15, -0.1) is 16.8 Å². The highest BCUT2D eigenvalue weighted by Gasteiger charge is 2.10. The van der Waals surface area contributed by atoms with E-state index < -0.39 is 0 Å².